The maximum absolute atomic E-state index is 9.89. The Morgan fingerprint density at radius 1 is 1.31 bits per heavy atom. The number of benzene rings is 1. The first-order valence-corrected chi connectivity index (χ1v) is 6.33. The molecule has 1 fully saturated rings. The number of nitrogens with zero attached hydrogens (tertiary/aromatic N) is 1. The van der Waals surface area contributed by atoms with E-state index in [0.717, 1.165) is 26.1 Å². The Hall–Kier alpha value is -0.570. The SMILES string of the molecule is O[C@@H]1CN(Cc2ccccc2)CC[C@H]1CCl. The highest BCUT2D eigenvalue weighted by Gasteiger charge is 2.26. The summed E-state index contributed by atoms with van der Waals surface area (Å²) < 4.78 is 0. The van der Waals surface area contributed by atoms with Crippen molar-refractivity contribution in [1.82, 2.24) is 4.90 Å². The summed E-state index contributed by atoms with van der Waals surface area (Å²) in [5.74, 6) is 0.842. The van der Waals surface area contributed by atoms with Gasteiger partial charge in [-0.2, -0.15) is 0 Å². The van der Waals surface area contributed by atoms with Gasteiger partial charge >= 0.3 is 0 Å². The Labute approximate surface area is 102 Å². The number of hydrogen-bond donors (Lipinski definition) is 1. The molecule has 0 saturated carbocycles. The van der Waals surface area contributed by atoms with Crippen LogP contribution in [0, 0.1) is 5.92 Å². The Morgan fingerprint density at radius 3 is 2.69 bits per heavy atom. The van der Waals surface area contributed by atoms with Crippen LogP contribution in [0.15, 0.2) is 30.3 Å². The van der Waals surface area contributed by atoms with E-state index in [-0.39, 0.29) is 12.0 Å². The van der Waals surface area contributed by atoms with E-state index < -0.39 is 0 Å². The van der Waals surface area contributed by atoms with Crippen LogP contribution in [0.4, 0.5) is 0 Å². The highest BCUT2D eigenvalue weighted by atomic mass is 35.5. The zero-order valence-corrected chi connectivity index (χ0v) is 10.1. The predicted octanol–water partition coefficient (Wildman–Crippen LogP) is 2.11. The average molecular weight is 240 g/mol. The summed E-state index contributed by atoms with van der Waals surface area (Å²) in [7, 11) is 0. The summed E-state index contributed by atoms with van der Waals surface area (Å²) >= 11 is 5.80. The van der Waals surface area contributed by atoms with Crippen molar-refractivity contribution >= 4 is 11.6 Å². The lowest BCUT2D eigenvalue weighted by Crippen LogP contribution is -2.43. The van der Waals surface area contributed by atoms with Crippen molar-refractivity contribution in [3.05, 3.63) is 35.9 Å². The number of likely N-dealkylation sites (tertiary alicyclic amines) is 1. The van der Waals surface area contributed by atoms with E-state index in [4.69, 9.17) is 11.6 Å². The average Bonchev–Trinajstić information content (AvgIpc) is 2.31. The third kappa shape index (κ3) is 2.97. The van der Waals surface area contributed by atoms with Crippen LogP contribution in [0.1, 0.15) is 12.0 Å². The second kappa shape index (κ2) is 5.67. The van der Waals surface area contributed by atoms with E-state index in [1.807, 2.05) is 6.07 Å². The van der Waals surface area contributed by atoms with Crippen molar-refractivity contribution in [2.75, 3.05) is 19.0 Å². The van der Waals surface area contributed by atoms with Crippen LogP contribution in [0.5, 0.6) is 0 Å². The van der Waals surface area contributed by atoms with E-state index in [1.165, 1.54) is 5.56 Å². The van der Waals surface area contributed by atoms with E-state index in [9.17, 15) is 5.11 Å². The number of rotatable bonds is 3. The van der Waals surface area contributed by atoms with E-state index in [1.54, 1.807) is 0 Å². The third-order valence-electron chi connectivity index (χ3n) is 3.25. The molecule has 1 saturated heterocycles. The quantitative estimate of drug-likeness (QED) is 0.817. The van der Waals surface area contributed by atoms with Crippen LogP contribution in [0.3, 0.4) is 0 Å². The molecule has 2 nitrogen and oxygen atoms in total. The van der Waals surface area contributed by atoms with Crippen LogP contribution < -0.4 is 0 Å². The first-order valence-electron chi connectivity index (χ1n) is 5.80. The summed E-state index contributed by atoms with van der Waals surface area (Å²) in [6, 6.07) is 10.4. The fraction of sp³-hybridized carbons (Fsp3) is 0.538. The molecule has 1 aliphatic heterocycles. The summed E-state index contributed by atoms with van der Waals surface area (Å²) in [4.78, 5) is 2.29. The van der Waals surface area contributed by atoms with Crippen LogP contribution in [-0.4, -0.2) is 35.1 Å². The Bertz CT molecular complexity index is 317. The number of halogens is 1. The third-order valence-corrected chi connectivity index (χ3v) is 3.65. The topological polar surface area (TPSA) is 23.5 Å². The number of hydrogen-bond acceptors (Lipinski definition) is 2. The molecule has 1 aliphatic rings. The van der Waals surface area contributed by atoms with Gasteiger partial charge in [0.15, 0.2) is 0 Å². The molecule has 3 heteroatoms. The lowest BCUT2D eigenvalue weighted by molar-refractivity contribution is 0.0273. The van der Waals surface area contributed by atoms with Crippen molar-refractivity contribution in [3.63, 3.8) is 0 Å². The molecule has 1 N–H and O–H groups in total. The van der Waals surface area contributed by atoms with Crippen LogP contribution in [0.2, 0.25) is 0 Å². The Kier molecular flexibility index (Phi) is 4.22. The van der Waals surface area contributed by atoms with E-state index in [2.05, 4.69) is 29.2 Å². The van der Waals surface area contributed by atoms with Gasteiger partial charge in [0.1, 0.15) is 0 Å². The summed E-state index contributed by atoms with van der Waals surface area (Å²) in [6.45, 7) is 2.70. The molecule has 0 amide bonds. The van der Waals surface area contributed by atoms with E-state index in [0.29, 0.717) is 5.88 Å². The summed E-state index contributed by atoms with van der Waals surface area (Å²) in [5, 5.41) is 9.89. The minimum Gasteiger partial charge on any atom is -0.391 e. The minimum atomic E-state index is -0.269. The normalized spacial score (nSPS) is 26.9. The molecule has 0 radical (unpaired) electrons. The van der Waals surface area contributed by atoms with Crippen LogP contribution in [-0.2, 0) is 6.54 Å². The molecular formula is C13H18ClNO. The fourth-order valence-corrected chi connectivity index (χ4v) is 2.57. The van der Waals surface area contributed by atoms with Crippen LogP contribution >= 0.6 is 11.6 Å². The standard InChI is InChI=1S/C13H18ClNO/c14-8-12-6-7-15(10-13(12)16)9-11-4-2-1-3-5-11/h1-5,12-13,16H,6-10H2/t12-,13+/m0/s1. The molecule has 2 rings (SSSR count). The highest BCUT2D eigenvalue weighted by molar-refractivity contribution is 6.18. The molecule has 16 heavy (non-hydrogen) atoms. The molecule has 0 aliphatic carbocycles. The van der Waals surface area contributed by atoms with Gasteiger partial charge in [0, 0.05) is 24.9 Å². The molecule has 1 aromatic carbocycles. The second-order valence-corrected chi connectivity index (χ2v) is 4.80. The summed E-state index contributed by atoms with van der Waals surface area (Å²) in [6.07, 6.45) is 0.729. The van der Waals surface area contributed by atoms with E-state index >= 15 is 0 Å². The van der Waals surface area contributed by atoms with Crippen molar-refractivity contribution in [3.8, 4) is 0 Å². The van der Waals surface area contributed by atoms with Gasteiger partial charge in [0.05, 0.1) is 6.10 Å². The maximum atomic E-state index is 9.89. The summed E-state index contributed by atoms with van der Waals surface area (Å²) in [5.41, 5.74) is 1.30. The Morgan fingerprint density at radius 2 is 2.06 bits per heavy atom. The fourth-order valence-electron chi connectivity index (χ4n) is 2.21. The molecule has 0 unspecified atom stereocenters. The van der Waals surface area contributed by atoms with Gasteiger partial charge in [-0.15, -0.1) is 11.6 Å². The smallest absolute Gasteiger partial charge is 0.0707 e. The van der Waals surface area contributed by atoms with Crippen molar-refractivity contribution in [2.45, 2.75) is 19.1 Å². The van der Waals surface area contributed by atoms with Gasteiger partial charge in [-0.3, -0.25) is 4.90 Å². The molecule has 2 atom stereocenters. The first-order chi connectivity index (χ1) is 7.79. The van der Waals surface area contributed by atoms with Crippen LogP contribution in [0.25, 0.3) is 0 Å². The zero-order valence-electron chi connectivity index (χ0n) is 9.35. The first kappa shape index (κ1) is 11.9. The number of β-amino-alcohol motifs (C(OH)–C–C–N with tert-alkyl or cyclic N) is 1. The van der Waals surface area contributed by atoms with Crippen molar-refractivity contribution < 1.29 is 5.11 Å². The molecule has 0 bridgehead atoms. The predicted molar refractivity (Wildman–Crippen MR) is 66.6 cm³/mol. The molecule has 88 valence electrons. The van der Waals surface area contributed by atoms with Crippen molar-refractivity contribution in [2.24, 2.45) is 5.92 Å². The minimum absolute atomic E-state index is 0.269. The molecular weight excluding hydrogens is 222 g/mol. The number of piperidine rings is 1. The lowest BCUT2D eigenvalue weighted by atomic mass is 9.95. The number of alkyl halides is 1. The monoisotopic (exact) mass is 239 g/mol. The molecule has 0 aromatic heterocycles. The van der Waals surface area contributed by atoms with Gasteiger partial charge in [-0.05, 0) is 18.5 Å². The zero-order chi connectivity index (χ0) is 11.4. The maximum Gasteiger partial charge on any atom is 0.0707 e. The number of aliphatic hydroxyl groups excluding tert-OH is 1. The second-order valence-electron chi connectivity index (χ2n) is 4.49. The van der Waals surface area contributed by atoms with Gasteiger partial charge in [0.25, 0.3) is 0 Å². The molecule has 1 heterocycles. The van der Waals surface area contributed by atoms with Crippen molar-refractivity contribution in [1.29, 1.82) is 0 Å². The Balaban J connectivity index is 1.89. The lowest BCUT2D eigenvalue weighted by Gasteiger charge is -2.35. The van der Waals surface area contributed by atoms with Gasteiger partial charge in [-0.1, -0.05) is 30.3 Å². The molecule has 1 aromatic rings. The van der Waals surface area contributed by atoms with Gasteiger partial charge in [0.2, 0.25) is 0 Å². The highest BCUT2D eigenvalue weighted by Crippen LogP contribution is 2.20. The van der Waals surface area contributed by atoms with Gasteiger partial charge in [-0.25, -0.2) is 0 Å². The molecule has 0 spiro atoms. The van der Waals surface area contributed by atoms with Gasteiger partial charge < -0.3 is 5.11 Å². The number of aliphatic hydroxyl groups is 1. The largest absolute Gasteiger partial charge is 0.391 e.